The monoisotopic (exact) mass is 140 g/mol. The van der Waals surface area contributed by atoms with E-state index in [9.17, 15) is 4.79 Å². The molecule has 2 rings (SSSR count). The summed E-state index contributed by atoms with van der Waals surface area (Å²) in [6.07, 6.45) is 0. The number of aromatic nitrogens is 2. The fourth-order valence-electron chi connectivity index (χ4n) is 1.18. The topological polar surface area (TPSA) is 47.0 Å². The van der Waals surface area contributed by atoms with Gasteiger partial charge in [0.25, 0.3) is 5.56 Å². The molecule has 4 nitrogen and oxygen atoms in total. The standard InChI is InChI=1S/C6H8N2O2/c1-8-6(9)4-2-10-3-5(4)7-8/h7H,2-3H2,1H3. The number of rotatable bonds is 0. The molecule has 0 unspecified atom stereocenters. The van der Waals surface area contributed by atoms with Crippen molar-refractivity contribution in [3.63, 3.8) is 0 Å². The van der Waals surface area contributed by atoms with Gasteiger partial charge in [-0.05, 0) is 0 Å². The molecule has 1 aromatic rings. The lowest BCUT2D eigenvalue weighted by atomic mass is 10.3. The third kappa shape index (κ3) is 0.565. The van der Waals surface area contributed by atoms with Gasteiger partial charge in [-0.2, -0.15) is 0 Å². The van der Waals surface area contributed by atoms with E-state index in [4.69, 9.17) is 4.74 Å². The van der Waals surface area contributed by atoms with E-state index in [1.165, 1.54) is 4.68 Å². The summed E-state index contributed by atoms with van der Waals surface area (Å²) in [6, 6.07) is 0. The van der Waals surface area contributed by atoms with Crippen molar-refractivity contribution in [2.75, 3.05) is 0 Å². The van der Waals surface area contributed by atoms with E-state index in [0.717, 1.165) is 11.3 Å². The summed E-state index contributed by atoms with van der Waals surface area (Å²) in [5, 5.41) is 2.90. The van der Waals surface area contributed by atoms with Crippen molar-refractivity contribution in [3.05, 3.63) is 21.6 Å². The van der Waals surface area contributed by atoms with Crippen LogP contribution >= 0.6 is 0 Å². The summed E-state index contributed by atoms with van der Waals surface area (Å²) in [7, 11) is 1.71. The second kappa shape index (κ2) is 1.73. The molecular formula is C6H8N2O2. The maximum absolute atomic E-state index is 11.1. The van der Waals surface area contributed by atoms with Crippen molar-refractivity contribution < 1.29 is 4.74 Å². The molecule has 0 spiro atoms. The maximum Gasteiger partial charge on any atom is 0.272 e. The molecule has 1 N–H and O–H groups in total. The largest absolute Gasteiger partial charge is 0.370 e. The molecule has 2 heterocycles. The molecule has 1 aromatic heterocycles. The predicted molar refractivity (Wildman–Crippen MR) is 34.5 cm³/mol. The van der Waals surface area contributed by atoms with Crippen molar-refractivity contribution in [1.82, 2.24) is 9.78 Å². The van der Waals surface area contributed by atoms with Gasteiger partial charge in [0.05, 0.1) is 24.5 Å². The summed E-state index contributed by atoms with van der Waals surface area (Å²) in [4.78, 5) is 11.1. The van der Waals surface area contributed by atoms with Gasteiger partial charge in [0.15, 0.2) is 0 Å². The van der Waals surface area contributed by atoms with Crippen LogP contribution in [0.25, 0.3) is 0 Å². The van der Waals surface area contributed by atoms with Crippen LogP contribution in [0.4, 0.5) is 0 Å². The van der Waals surface area contributed by atoms with E-state index in [1.807, 2.05) is 0 Å². The van der Waals surface area contributed by atoms with E-state index in [0.29, 0.717) is 13.2 Å². The molecule has 0 bridgehead atoms. The lowest BCUT2D eigenvalue weighted by Crippen LogP contribution is -2.15. The van der Waals surface area contributed by atoms with Gasteiger partial charge in [-0.15, -0.1) is 0 Å². The first-order valence-electron chi connectivity index (χ1n) is 3.13. The third-order valence-corrected chi connectivity index (χ3v) is 1.72. The van der Waals surface area contributed by atoms with E-state index in [-0.39, 0.29) is 5.56 Å². The van der Waals surface area contributed by atoms with Crippen LogP contribution in [-0.4, -0.2) is 9.78 Å². The first-order valence-corrected chi connectivity index (χ1v) is 3.13. The summed E-state index contributed by atoms with van der Waals surface area (Å²) < 4.78 is 6.53. The van der Waals surface area contributed by atoms with Crippen LogP contribution in [0.1, 0.15) is 11.3 Å². The zero-order valence-electron chi connectivity index (χ0n) is 5.68. The molecule has 10 heavy (non-hydrogen) atoms. The number of hydrogen-bond acceptors (Lipinski definition) is 2. The Kier molecular flexibility index (Phi) is 0.990. The molecule has 1 aliphatic rings. The minimum Gasteiger partial charge on any atom is -0.370 e. The highest BCUT2D eigenvalue weighted by atomic mass is 16.5. The van der Waals surface area contributed by atoms with Crippen LogP contribution in [0.3, 0.4) is 0 Å². The first-order chi connectivity index (χ1) is 4.79. The van der Waals surface area contributed by atoms with Crippen LogP contribution in [0.15, 0.2) is 4.79 Å². The summed E-state index contributed by atoms with van der Waals surface area (Å²) in [5.41, 5.74) is 1.74. The molecule has 0 saturated heterocycles. The molecule has 0 atom stereocenters. The second-order valence-electron chi connectivity index (χ2n) is 2.43. The predicted octanol–water partition coefficient (Wildman–Crippen LogP) is -0.256. The highest BCUT2D eigenvalue weighted by Gasteiger charge is 2.17. The molecule has 1 aliphatic heterocycles. The van der Waals surface area contributed by atoms with E-state index >= 15 is 0 Å². The maximum atomic E-state index is 11.1. The number of ether oxygens (including phenoxy) is 1. The molecule has 0 saturated carbocycles. The van der Waals surface area contributed by atoms with Crippen LogP contribution < -0.4 is 5.56 Å². The van der Waals surface area contributed by atoms with Gasteiger partial charge in [0.1, 0.15) is 0 Å². The summed E-state index contributed by atoms with van der Waals surface area (Å²) >= 11 is 0. The van der Waals surface area contributed by atoms with Crippen molar-refractivity contribution >= 4 is 0 Å². The lowest BCUT2D eigenvalue weighted by Gasteiger charge is -1.90. The Morgan fingerprint density at radius 2 is 2.40 bits per heavy atom. The van der Waals surface area contributed by atoms with Crippen LogP contribution in [0.2, 0.25) is 0 Å². The summed E-state index contributed by atoms with van der Waals surface area (Å²) in [6.45, 7) is 1.01. The fourth-order valence-corrected chi connectivity index (χ4v) is 1.18. The Hall–Kier alpha value is -1.03. The van der Waals surface area contributed by atoms with Gasteiger partial charge in [0, 0.05) is 7.05 Å². The Morgan fingerprint density at radius 1 is 1.60 bits per heavy atom. The SMILES string of the molecule is Cn1[nH]c2c(c1=O)COC2. The zero-order valence-corrected chi connectivity index (χ0v) is 5.68. The lowest BCUT2D eigenvalue weighted by molar-refractivity contribution is 0.130. The number of hydrogen-bond donors (Lipinski definition) is 1. The van der Waals surface area contributed by atoms with Gasteiger partial charge >= 0.3 is 0 Å². The first kappa shape index (κ1) is 5.73. The number of fused-ring (bicyclic) bond motifs is 1. The minimum absolute atomic E-state index is 0.0347. The quantitative estimate of drug-likeness (QED) is 0.540. The molecule has 0 fully saturated rings. The molecule has 0 aromatic carbocycles. The Balaban J connectivity index is 2.71. The van der Waals surface area contributed by atoms with Crippen LogP contribution in [0.5, 0.6) is 0 Å². The Morgan fingerprint density at radius 3 is 3.10 bits per heavy atom. The van der Waals surface area contributed by atoms with Gasteiger partial charge in [0.2, 0.25) is 0 Å². The van der Waals surface area contributed by atoms with Crippen molar-refractivity contribution in [1.29, 1.82) is 0 Å². The average Bonchev–Trinajstić information content (AvgIpc) is 2.41. The van der Waals surface area contributed by atoms with E-state index in [2.05, 4.69) is 5.10 Å². The molecule has 0 aliphatic carbocycles. The second-order valence-corrected chi connectivity index (χ2v) is 2.43. The zero-order chi connectivity index (χ0) is 7.14. The number of nitrogens with zero attached hydrogens (tertiary/aromatic N) is 1. The van der Waals surface area contributed by atoms with E-state index < -0.39 is 0 Å². The minimum atomic E-state index is 0.0347. The third-order valence-electron chi connectivity index (χ3n) is 1.72. The number of aromatic amines is 1. The van der Waals surface area contributed by atoms with Crippen molar-refractivity contribution in [2.24, 2.45) is 7.05 Å². The average molecular weight is 140 g/mol. The normalized spacial score (nSPS) is 15.7. The molecular weight excluding hydrogens is 132 g/mol. The Labute approximate surface area is 57.4 Å². The molecule has 0 amide bonds. The molecule has 54 valence electrons. The van der Waals surface area contributed by atoms with Gasteiger partial charge in [-0.25, -0.2) is 0 Å². The fraction of sp³-hybridized carbons (Fsp3) is 0.500. The van der Waals surface area contributed by atoms with Gasteiger partial charge < -0.3 is 4.74 Å². The molecule has 0 radical (unpaired) electrons. The molecule has 4 heteroatoms. The summed E-state index contributed by atoms with van der Waals surface area (Å²) in [5.74, 6) is 0. The highest BCUT2D eigenvalue weighted by molar-refractivity contribution is 5.18. The van der Waals surface area contributed by atoms with Crippen molar-refractivity contribution in [2.45, 2.75) is 13.2 Å². The van der Waals surface area contributed by atoms with Crippen molar-refractivity contribution in [3.8, 4) is 0 Å². The Bertz CT molecular complexity index is 310. The number of aryl methyl sites for hydroxylation is 1. The van der Waals surface area contributed by atoms with Gasteiger partial charge in [-0.1, -0.05) is 0 Å². The number of nitrogens with one attached hydrogen (secondary N) is 1. The van der Waals surface area contributed by atoms with E-state index in [1.54, 1.807) is 7.05 Å². The van der Waals surface area contributed by atoms with Gasteiger partial charge in [-0.3, -0.25) is 14.6 Å². The smallest absolute Gasteiger partial charge is 0.272 e. The van der Waals surface area contributed by atoms with Crippen LogP contribution in [0, 0.1) is 0 Å². The number of H-pyrrole nitrogens is 1. The van der Waals surface area contributed by atoms with Crippen LogP contribution in [-0.2, 0) is 25.0 Å². The highest BCUT2D eigenvalue weighted by Crippen LogP contribution is 2.12.